The number of aliphatic hydroxyl groups is 1. The zero-order chi connectivity index (χ0) is 18.2. The number of piperidine rings is 1. The quantitative estimate of drug-likeness (QED) is 0.832. The second kappa shape index (κ2) is 6.59. The molecular weight excluding hydrogens is 344 g/mol. The number of benzene rings is 1. The number of hydrogen-bond acceptors (Lipinski definition) is 5. The first-order valence-corrected chi connectivity index (χ1v) is 10.1. The first kappa shape index (κ1) is 18.2. The van der Waals surface area contributed by atoms with Gasteiger partial charge < -0.3 is 14.7 Å². The Morgan fingerprint density at radius 2 is 2.16 bits per heavy atom. The lowest BCUT2D eigenvalue weighted by atomic mass is 9.74. The SMILES string of the molecule is COc1cccc(C(=O)N2CC[C@H]3CN(S(C)(=O)=O)C[C@@]3(CO)C2)c1. The molecule has 3 rings (SSSR count). The van der Waals surface area contributed by atoms with Gasteiger partial charge in [-0.3, -0.25) is 4.79 Å². The van der Waals surface area contributed by atoms with Crippen molar-refractivity contribution in [2.75, 3.05) is 46.2 Å². The minimum Gasteiger partial charge on any atom is -0.497 e. The number of methoxy groups -OCH3 is 1. The molecule has 138 valence electrons. The summed E-state index contributed by atoms with van der Waals surface area (Å²) in [4.78, 5) is 14.6. The largest absolute Gasteiger partial charge is 0.497 e. The number of ether oxygens (including phenoxy) is 1. The number of hydrogen-bond donors (Lipinski definition) is 1. The van der Waals surface area contributed by atoms with Crippen LogP contribution < -0.4 is 4.74 Å². The minimum atomic E-state index is -3.31. The van der Waals surface area contributed by atoms with E-state index in [9.17, 15) is 18.3 Å². The molecule has 1 aromatic rings. The van der Waals surface area contributed by atoms with E-state index in [4.69, 9.17) is 4.74 Å². The maximum atomic E-state index is 12.8. The maximum Gasteiger partial charge on any atom is 0.254 e. The van der Waals surface area contributed by atoms with Gasteiger partial charge in [-0.15, -0.1) is 0 Å². The van der Waals surface area contributed by atoms with Gasteiger partial charge in [0.15, 0.2) is 0 Å². The van der Waals surface area contributed by atoms with Gasteiger partial charge in [-0.2, -0.15) is 0 Å². The molecule has 1 amide bonds. The smallest absolute Gasteiger partial charge is 0.254 e. The van der Waals surface area contributed by atoms with Crippen LogP contribution in [0.1, 0.15) is 16.8 Å². The third-order valence-electron chi connectivity index (χ3n) is 5.42. The van der Waals surface area contributed by atoms with Crippen molar-refractivity contribution in [2.24, 2.45) is 11.3 Å². The van der Waals surface area contributed by atoms with Crippen LogP contribution in [0.25, 0.3) is 0 Å². The highest BCUT2D eigenvalue weighted by Gasteiger charge is 2.52. The van der Waals surface area contributed by atoms with Crippen molar-refractivity contribution in [3.63, 3.8) is 0 Å². The molecule has 0 aliphatic carbocycles. The summed E-state index contributed by atoms with van der Waals surface area (Å²) < 4.78 is 30.4. The minimum absolute atomic E-state index is 0.0709. The van der Waals surface area contributed by atoms with Gasteiger partial charge in [-0.1, -0.05) is 6.07 Å². The van der Waals surface area contributed by atoms with Crippen molar-refractivity contribution >= 4 is 15.9 Å². The third-order valence-corrected chi connectivity index (χ3v) is 6.64. The van der Waals surface area contributed by atoms with Crippen molar-refractivity contribution in [2.45, 2.75) is 6.42 Å². The summed E-state index contributed by atoms with van der Waals surface area (Å²) in [5, 5.41) is 10.0. The number of carbonyl (C=O) groups is 1. The monoisotopic (exact) mass is 368 g/mol. The third kappa shape index (κ3) is 3.38. The number of sulfonamides is 1. The average molecular weight is 368 g/mol. The van der Waals surface area contributed by atoms with Crippen molar-refractivity contribution in [3.05, 3.63) is 29.8 Å². The number of amides is 1. The number of nitrogens with zero attached hydrogens (tertiary/aromatic N) is 2. The van der Waals surface area contributed by atoms with Crippen molar-refractivity contribution in [1.29, 1.82) is 0 Å². The summed E-state index contributed by atoms with van der Waals surface area (Å²) in [7, 11) is -1.76. The Balaban J connectivity index is 1.81. The van der Waals surface area contributed by atoms with Crippen LogP contribution >= 0.6 is 0 Å². The highest BCUT2D eigenvalue weighted by molar-refractivity contribution is 7.88. The Morgan fingerprint density at radius 3 is 2.80 bits per heavy atom. The van der Waals surface area contributed by atoms with Crippen LogP contribution in [-0.2, 0) is 10.0 Å². The molecule has 7 nitrogen and oxygen atoms in total. The summed E-state index contributed by atoms with van der Waals surface area (Å²) in [6, 6.07) is 6.97. The number of rotatable bonds is 4. The predicted molar refractivity (Wildman–Crippen MR) is 92.9 cm³/mol. The molecule has 8 heteroatoms. The molecule has 2 aliphatic rings. The fourth-order valence-corrected chi connectivity index (χ4v) is 4.87. The van der Waals surface area contributed by atoms with Crippen LogP contribution in [0.3, 0.4) is 0 Å². The van der Waals surface area contributed by atoms with Gasteiger partial charge in [0, 0.05) is 37.2 Å². The van der Waals surface area contributed by atoms with E-state index in [-0.39, 0.29) is 25.0 Å². The van der Waals surface area contributed by atoms with Crippen LogP contribution in [0.15, 0.2) is 24.3 Å². The molecule has 1 N–H and O–H groups in total. The molecule has 2 atom stereocenters. The lowest BCUT2D eigenvalue weighted by Gasteiger charge is -2.43. The fraction of sp³-hybridized carbons (Fsp3) is 0.588. The molecule has 2 heterocycles. The second-order valence-corrected chi connectivity index (χ2v) is 9.00. The van der Waals surface area contributed by atoms with Gasteiger partial charge in [0.1, 0.15) is 5.75 Å². The Morgan fingerprint density at radius 1 is 1.40 bits per heavy atom. The van der Waals surface area contributed by atoms with Crippen LogP contribution in [0.2, 0.25) is 0 Å². The van der Waals surface area contributed by atoms with E-state index in [0.717, 1.165) is 0 Å². The van der Waals surface area contributed by atoms with E-state index >= 15 is 0 Å². The molecule has 0 bridgehead atoms. The molecule has 25 heavy (non-hydrogen) atoms. The number of likely N-dealkylation sites (tertiary alicyclic amines) is 1. The Hall–Kier alpha value is -1.64. The Bertz CT molecular complexity index is 766. The first-order valence-electron chi connectivity index (χ1n) is 8.28. The van der Waals surface area contributed by atoms with Gasteiger partial charge in [0.25, 0.3) is 5.91 Å². The van der Waals surface area contributed by atoms with E-state index in [0.29, 0.717) is 37.4 Å². The summed E-state index contributed by atoms with van der Waals surface area (Å²) >= 11 is 0. The Labute approximate surface area is 148 Å². The highest BCUT2D eigenvalue weighted by atomic mass is 32.2. The van der Waals surface area contributed by atoms with Gasteiger partial charge in [-0.25, -0.2) is 12.7 Å². The van der Waals surface area contributed by atoms with Gasteiger partial charge >= 0.3 is 0 Å². The summed E-state index contributed by atoms with van der Waals surface area (Å²) in [5.74, 6) is 0.561. The Kier molecular flexibility index (Phi) is 4.78. The molecule has 0 saturated carbocycles. The topological polar surface area (TPSA) is 87.2 Å². The maximum absolute atomic E-state index is 12.8. The van der Waals surface area contributed by atoms with E-state index in [2.05, 4.69) is 0 Å². The summed E-state index contributed by atoms with van der Waals surface area (Å²) in [6.07, 6.45) is 1.87. The predicted octanol–water partition coefficient (Wildman–Crippen LogP) is 0.411. The van der Waals surface area contributed by atoms with Crippen LogP contribution in [0.4, 0.5) is 0 Å². The van der Waals surface area contributed by atoms with Gasteiger partial charge in [0.05, 0.1) is 20.0 Å². The van der Waals surface area contributed by atoms with Crippen molar-refractivity contribution in [1.82, 2.24) is 9.21 Å². The normalized spacial score (nSPS) is 27.2. The van der Waals surface area contributed by atoms with Gasteiger partial charge in [-0.05, 0) is 30.5 Å². The lowest BCUT2D eigenvalue weighted by Crippen LogP contribution is -2.52. The van der Waals surface area contributed by atoms with Crippen molar-refractivity contribution < 1.29 is 23.1 Å². The molecule has 0 spiro atoms. The van der Waals surface area contributed by atoms with E-state index < -0.39 is 15.4 Å². The van der Waals surface area contributed by atoms with E-state index in [1.807, 2.05) is 0 Å². The molecule has 0 unspecified atom stereocenters. The van der Waals surface area contributed by atoms with Crippen LogP contribution in [-0.4, -0.2) is 74.8 Å². The number of aliphatic hydroxyl groups excluding tert-OH is 1. The van der Waals surface area contributed by atoms with Gasteiger partial charge in [0.2, 0.25) is 10.0 Å². The second-order valence-electron chi connectivity index (χ2n) is 7.02. The van der Waals surface area contributed by atoms with Crippen LogP contribution in [0, 0.1) is 11.3 Å². The molecule has 2 fully saturated rings. The van der Waals surface area contributed by atoms with E-state index in [1.54, 1.807) is 36.3 Å². The first-order chi connectivity index (χ1) is 11.8. The summed E-state index contributed by atoms with van der Waals surface area (Å²) in [5.41, 5.74) is -0.0561. The van der Waals surface area contributed by atoms with E-state index in [1.165, 1.54) is 10.6 Å². The molecule has 0 radical (unpaired) electrons. The zero-order valence-corrected chi connectivity index (χ0v) is 15.3. The number of carbonyl (C=O) groups excluding carboxylic acids is 1. The van der Waals surface area contributed by atoms with Crippen LogP contribution in [0.5, 0.6) is 5.75 Å². The molecule has 1 aromatic carbocycles. The molecule has 2 aliphatic heterocycles. The molecular formula is C17H24N2O5S. The number of fused-ring (bicyclic) bond motifs is 1. The standard InChI is InChI=1S/C17H24N2O5S/c1-24-15-5-3-4-13(8-15)16(21)18-7-6-14-9-19(25(2,22)23)11-17(14,10-18)12-20/h3-5,8,14,20H,6-7,9-12H2,1-2H3/t14-,17+/m0/s1. The average Bonchev–Trinajstić information content (AvgIpc) is 3.01. The molecule has 2 saturated heterocycles. The highest BCUT2D eigenvalue weighted by Crippen LogP contribution is 2.43. The summed E-state index contributed by atoms with van der Waals surface area (Å²) in [6.45, 7) is 1.46. The zero-order valence-electron chi connectivity index (χ0n) is 14.5. The fourth-order valence-electron chi connectivity index (χ4n) is 3.93. The van der Waals surface area contributed by atoms with Crippen molar-refractivity contribution in [3.8, 4) is 5.75 Å². The lowest BCUT2D eigenvalue weighted by molar-refractivity contribution is 0.0129. The molecule has 0 aromatic heterocycles.